The van der Waals surface area contributed by atoms with Crippen molar-refractivity contribution in [2.75, 3.05) is 6.16 Å². The fraction of sp³-hybridized carbons (Fsp3) is 0.250. The van der Waals surface area contributed by atoms with Gasteiger partial charge in [-0.2, -0.15) is 0 Å². The van der Waals surface area contributed by atoms with Gasteiger partial charge in [0.2, 0.25) is 0 Å². The second-order valence-electron chi connectivity index (χ2n) is 3.91. The summed E-state index contributed by atoms with van der Waals surface area (Å²) in [5.41, 5.74) is -0.340. The molecule has 0 saturated carbocycles. The number of carboxylic acid groups (broad SMARTS) is 1. The van der Waals surface area contributed by atoms with E-state index >= 15 is 0 Å². The molecule has 0 radical (unpaired) electrons. The van der Waals surface area contributed by atoms with Crippen molar-refractivity contribution in [1.29, 1.82) is 0 Å². The highest BCUT2D eigenvalue weighted by atomic mass is 31.2. The van der Waals surface area contributed by atoms with Crippen LogP contribution in [0.5, 0.6) is 0 Å². The highest BCUT2D eigenvalue weighted by Crippen LogP contribution is 2.54. The minimum atomic E-state index is -2.58. The molecule has 1 heterocycles. The standard InChI is InChI=1S/C12H13O3P/c13-12(14)9-11-7-4-8-16(11,15)10-5-2-1-3-6-10/h1-7,11H,8-9H2,(H,13,14)/t11-,16?/m0/s1. The number of carbonyl (C=O) groups is 1. The minimum Gasteiger partial charge on any atom is -0.481 e. The Labute approximate surface area is 94.2 Å². The lowest BCUT2D eigenvalue weighted by Gasteiger charge is -2.19. The highest BCUT2D eigenvalue weighted by Gasteiger charge is 2.36. The summed E-state index contributed by atoms with van der Waals surface area (Å²) in [6.07, 6.45) is 4.04. The van der Waals surface area contributed by atoms with Crippen LogP contribution in [-0.4, -0.2) is 22.9 Å². The van der Waals surface area contributed by atoms with E-state index < -0.39 is 13.1 Å². The van der Waals surface area contributed by atoms with Gasteiger partial charge >= 0.3 is 5.97 Å². The van der Waals surface area contributed by atoms with Crippen molar-refractivity contribution in [3.05, 3.63) is 42.5 Å². The molecule has 1 aromatic carbocycles. The van der Waals surface area contributed by atoms with Gasteiger partial charge in [-0.15, -0.1) is 0 Å². The van der Waals surface area contributed by atoms with Crippen LogP contribution in [0.15, 0.2) is 42.5 Å². The highest BCUT2D eigenvalue weighted by molar-refractivity contribution is 7.73. The molecule has 0 bridgehead atoms. The zero-order valence-electron chi connectivity index (χ0n) is 8.74. The summed E-state index contributed by atoms with van der Waals surface area (Å²) in [4.78, 5) is 10.7. The van der Waals surface area contributed by atoms with Gasteiger partial charge in [0.25, 0.3) is 0 Å². The van der Waals surface area contributed by atoms with Crippen molar-refractivity contribution < 1.29 is 14.5 Å². The van der Waals surface area contributed by atoms with Crippen LogP contribution >= 0.6 is 7.14 Å². The molecule has 84 valence electrons. The Bertz CT molecular complexity index is 464. The quantitative estimate of drug-likeness (QED) is 0.645. The van der Waals surface area contributed by atoms with Crippen molar-refractivity contribution in [2.45, 2.75) is 12.1 Å². The monoisotopic (exact) mass is 236 g/mol. The zero-order valence-corrected chi connectivity index (χ0v) is 9.64. The average Bonchev–Trinajstić information content (AvgIpc) is 2.62. The maximum absolute atomic E-state index is 12.8. The Kier molecular flexibility index (Phi) is 2.97. The molecule has 0 aromatic heterocycles. The summed E-state index contributed by atoms with van der Waals surface area (Å²) in [7, 11) is -2.58. The Morgan fingerprint density at radius 1 is 1.38 bits per heavy atom. The second kappa shape index (κ2) is 4.26. The van der Waals surface area contributed by atoms with Crippen molar-refractivity contribution in [1.82, 2.24) is 0 Å². The molecule has 0 spiro atoms. The third kappa shape index (κ3) is 1.96. The van der Waals surface area contributed by atoms with Crippen LogP contribution in [0, 0.1) is 0 Å². The predicted octanol–water partition coefficient (Wildman–Crippen LogP) is 2.09. The van der Waals surface area contributed by atoms with E-state index in [0.29, 0.717) is 6.16 Å². The summed E-state index contributed by atoms with van der Waals surface area (Å²) in [6.45, 7) is 0. The maximum Gasteiger partial charge on any atom is 0.304 e. The molecule has 1 aliphatic rings. The van der Waals surface area contributed by atoms with Crippen molar-refractivity contribution in [2.24, 2.45) is 0 Å². The lowest BCUT2D eigenvalue weighted by atomic mass is 10.3. The van der Waals surface area contributed by atoms with Gasteiger partial charge in [0.15, 0.2) is 0 Å². The molecule has 1 aromatic rings. The largest absolute Gasteiger partial charge is 0.481 e. The molecule has 0 amide bonds. The summed E-state index contributed by atoms with van der Waals surface area (Å²) >= 11 is 0. The van der Waals surface area contributed by atoms with Crippen molar-refractivity contribution in [3.63, 3.8) is 0 Å². The van der Waals surface area contributed by atoms with Crippen LogP contribution in [0.4, 0.5) is 0 Å². The van der Waals surface area contributed by atoms with Crippen LogP contribution in [0.3, 0.4) is 0 Å². The van der Waals surface area contributed by atoms with Crippen LogP contribution < -0.4 is 5.30 Å². The van der Waals surface area contributed by atoms with E-state index in [0.717, 1.165) is 5.30 Å². The molecule has 0 saturated heterocycles. The molecule has 1 aliphatic heterocycles. The van der Waals surface area contributed by atoms with E-state index in [1.807, 2.05) is 36.4 Å². The fourth-order valence-electron chi connectivity index (χ4n) is 2.02. The molecule has 2 rings (SSSR count). The summed E-state index contributed by atoms with van der Waals surface area (Å²) in [5.74, 6) is -0.896. The van der Waals surface area contributed by atoms with Crippen molar-refractivity contribution in [3.8, 4) is 0 Å². The van der Waals surface area contributed by atoms with Gasteiger partial charge < -0.3 is 9.67 Å². The molecule has 3 nitrogen and oxygen atoms in total. The SMILES string of the molecule is O=C(O)C[C@@H]1C=CCP1(=O)c1ccccc1. The lowest BCUT2D eigenvalue weighted by molar-refractivity contribution is -0.136. The average molecular weight is 236 g/mol. The first kappa shape index (κ1) is 11.2. The first-order valence-corrected chi connectivity index (χ1v) is 7.12. The molecule has 0 fully saturated rings. The lowest BCUT2D eigenvalue weighted by Crippen LogP contribution is -2.17. The van der Waals surface area contributed by atoms with Crippen LogP contribution in [-0.2, 0) is 9.36 Å². The van der Waals surface area contributed by atoms with Gasteiger partial charge in [-0.05, 0) is 0 Å². The maximum atomic E-state index is 12.8. The van der Waals surface area contributed by atoms with Crippen LogP contribution in [0.1, 0.15) is 6.42 Å². The minimum absolute atomic E-state index is 0.0529. The summed E-state index contributed by atoms with van der Waals surface area (Å²) in [5, 5.41) is 9.58. The van der Waals surface area contributed by atoms with Gasteiger partial charge in [-0.1, -0.05) is 42.5 Å². The van der Waals surface area contributed by atoms with E-state index in [-0.39, 0.29) is 12.1 Å². The molecular weight excluding hydrogens is 223 g/mol. The van der Waals surface area contributed by atoms with Gasteiger partial charge in [-0.25, -0.2) is 0 Å². The number of allylic oxidation sites excluding steroid dienone is 2. The smallest absolute Gasteiger partial charge is 0.304 e. The molecule has 0 aliphatic carbocycles. The second-order valence-corrected chi connectivity index (χ2v) is 7.04. The topological polar surface area (TPSA) is 54.4 Å². The van der Waals surface area contributed by atoms with Crippen LogP contribution in [0.2, 0.25) is 0 Å². The third-order valence-electron chi connectivity index (χ3n) is 2.85. The fourth-order valence-corrected chi connectivity index (χ4v) is 4.85. The Hall–Kier alpha value is -1.34. The molecule has 1 unspecified atom stereocenters. The first-order chi connectivity index (χ1) is 7.63. The zero-order chi connectivity index (χ0) is 11.6. The molecule has 16 heavy (non-hydrogen) atoms. The summed E-state index contributed by atoms with van der Waals surface area (Å²) < 4.78 is 12.8. The molecule has 4 heteroatoms. The van der Waals surface area contributed by atoms with E-state index in [9.17, 15) is 9.36 Å². The number of carboxylic acids is 1. The van der Waals surface area contributed by atoms with E-state index in [4.69, 9.17) is 5.11 Å². The number of hydrogen-bond donors (Lipinski definition) is 1. The molecule has 1 N–H and O–H groups in total. The number of hydrogen-bond acceptors (Lipinski definition) is 2. The number of aliphatic carboxylic acids is 1. The predicted molar refractivity (Wildman–Crippen MR) is 63.7 cm³/mol. The van der Waals surface area contributed by atoms with Crippen molar-refractivity contribution >= 4 is 18.4 Å². The normalized spacial score (nSPS) is 28.1. The summed E-state index contributed by atoms with van der Waals surface area (Å²) in [6, 6.07) is 9.19. The van der Waals surface area contributed by atoms with E-state index in [2.05, 4.69) is 0 Å². The third-order valence-corrected chi connectivity index (χ3v) is 6.20. The number of rotatable bonds is 3. The van der Waals surface area contributed by atoms with Gasteiger partial charge in [0.05, 0.1) is 6.42 Å². The first-order valence-electron chi connectivity index (χ1n) is 5.16. The van der Waals surface area contributed by atoms with Gasteiger partial charge in [0, 0.05) is 17.1 Å². The van der Waals surface area contributed by atoms with E-state index in [1.165, 1.54) is 0 Å². The van der Waals surface area contributed by atoms with Crippen LogP contribution in [0.25, 0.3) is 0 Å². The van der Waals surface area contributed by atoms with E-state index in [1.54, 1.807) is 6.08 Å². The number of benzene rings is 1. The van der Waals surface area contributed by atoms with Gasteiger partial charge in [0.1, 0.15) is 7.14 Å². The Morgan fingerprint density at radius 3 is 2.69 bits per heavy atom. The van der Waals surface area contributed by atoms with Gasteiger partial charge in [-0.3, -0.25) is 4.79 Å². The molecule has 2 atom stereocenters. The Morgan fingerprint density at radius 2 is 2.06 bits per heavy atom. The molecular formula is C12H13O3P. The Balaban J connectivity index is 2.32.